The third-order valence-corrected chi connectivity index (χ3v) is 4.44. The Morgan fingerprint density at radius 3 is 2.50 bits per heavy atom. The molecule has 1 amide bonds. The van der Waals surface area contributed by atoms with E-state index in [2.05, 4.69) is 34.9 Å². The molecule has 4 N–H and O–H groups in total. The molecule has 0 bridgehead atoms. The molecule has 28 heavy (non-hydrogen) atoms. The SMILES string of the molecule is CNc1ccc(NCCc2ccccc2)cc1OCc1cccc(C(N)=O)c1. The monoisotopic (exact) mass is 375 g/mol. The molecule has 0 heterocycles. The van der Waals surface area contributed by atoms with Crippen LogP contribution in [0.25, 0.3) is 0 Å². The number of nitrogens with one attached hydrogen (secondary N) is 2. The van der Waals surface area contributed by atoms with Crippen molar-refractivity contribution < 1.29 is 9.53 Å². The van der Waals surface area contributed by atoms with E-state index in [9.17, 15) is 4.79 Å². The summed E-state index contributed by atoms with van der Waals surface area (Å²) in [4.78, 5) is 11.3. The highest BCUT2D eigenvalue weighted by molar-refractivity contribution is 5.92. The van der Waals surface area contributed by atoms with Gasteiger partial charge in [0.25, 0.3) is 0 Å². The van der Waals surface area contributed by atoms with Gasteiger partial charge in [-0.25, -0.2) is 0 Å². The maximum absolute atomic E-state index is 11.3. The summed E-state index contributed by atoms with van der Waals surface area (Å²) in [7, 11) is 1.86. The van der Waals surface area contributed by atoms with Crippen molar-refractivity contribution in [2.45, 2.75) is 13.0 Å². The molecular formula is C23H25N3O2. The predicted molar refractivity (Wildman–Crippen MR) is 114 cm³/mol. The minimum atomic E-state index is -0.442. The third kappa shape index (κ3) is 5.27. The van der Waals surface area contributed by atoms with Crippen LogP contribution < -0.4 is 21.1 Å². The van der Waals surface area contributed by atoms with Crippen LogP contribution in [-0.2, 0) is 13.0 Å². The summed E-state index contributed by atoms with van der Waals surface area (Å²) in [5.41, 5.74) is 9.91. The van der Waals surface area contributed by atoms with E-state index >= 15 is 0 Å². The Bertz CT molecular complexity index is 926. The molecule has 0 radical (unpaired) electrons. The van der Waals surface area contributed by atoms with Gasteiger partial charge < -0.3 is 21.1 Å². The number of anilines is 2. The molecule has 0 aliphatic heterocycles. The fourth-order valence-corrected chi connectivity index (χ4v) is 2.93. The van der Waals surface area contributed by atoms with E-state index in [4.69, 9.17) is 10.5 Å². The van der Waals surface area contributed by atoms with Crippen LogP contribution in [0.4, 0.5) is 11.4 Å². The largest absolute Gasteiger partial charge is 0.487 e. The van der Waals surface area contributed by atoms with Crippen LogP contribution in [0.15, 0.2) is 72.8 Å². The van der Waals surface area contributed by atoms with Gasteiger partial charge in [-0.3, -0.25) is 4.79 Å². The van der Waals surface area contributed by atoms with Gasteiger partial charge in [0.1, 0.15) is 12.4 Å². The number of benzene rings is 3. The van der Waals surface area contributed by atoms with Crippen molar-refractivity contribution in [3.63, 3.8) is 0 Å². The zero-order valence-electron chi connectivity index (χ0n) is 15.9. The second-order valence-corrected chi connectivity index (χ2v) is 6.48. The van der Waals surface area contributed by atoms with Gasteiger partial charge in [-0.05, 0) is 41.8 Å². The molecule has 0 spiro atoms. The molecule has 3 rings (SSSR count). The van der Waals surface area contributed by atoms with E-state index in [0.29, 0.717) is 12.2 Å². The van der Waals surface area contributed by atoms with E-state index in [-0.39, 0.29) is 0 Å². The van der Waals surface area contributed by atoms with Crippen LogP contribution in [0.1, 0.15) is 21.5 Å². The Morgan fingerprint density at radius 2 is 1.75 bits per heavy atom. The van der Waals surface area contributed by atoms with Gasteiger partial charge >= 0.3 is 0 Å². The molecule has 0 atom stereocenters. The predicted octanol–water partition coefficient (Wildman–Crippen LogP) is 4.06. The molecule has 0 saturated heterocycles. The molecule has 0 aliphatic rings. The molecule has 0 saturated carbocycles. The second-order valence-electron chi connectivity index (χ2n) is 6.48. The number of hydrogen-bond acceptors (Lipinski definition) is 4. The second kappa shape index (κ2) is 9.46. The first-order valence-electron chi connectivity index (χ1n) is 9.27. The lowest BCUT2D eigenvalue weighted by Gasteiger charge is -2.14. The van der Waals surface area contributed by atoms with Gasteiger partial charge in [0.05, 0.1) is 5.69 Å². The third-order valence-electron chi connectivity index (χ3n) is 4.44. The van der Waals surface area contributed by atoms with E-state index in [1.807, 2.05) is 37.4 Å². The van der Waals surface area contributed by atoms with Crippen molar-refractivity contribution in [2.75, 3.05) is 24.2 Å². The highest BCUT2D eigenvalue weighted by atomic mass is 16.5. The summed E-state index contributed by atoms with van der Waals surface area (Å²) in [6.07, 6.45) is 0.949. The summed E-state index contributed by atoms with van der Waals surface area (Å²) in [5, 5.41) is 6.58. The maximum Gasteiger partial charge on any atom is 0.248 e. The average Bonchev–Trinajstić information content (AvgIpc) is 2.73. The lowest BCUT2D eigenvalue weighted by molar-refractivity contribution is 0.1000. The Kier molecular flexibility index (Phi) is 6.52. The summed E-state index contributed by atoms with van der Waals surface area (Å²) in [6.45, 7) is 1.19. The molecule has 5 nitrogen and oxygen atoms in total. The van der Waals surface area contributed by atoms with Crippen molar-refractivity contribution >= 4 is 17.3 Å². The molecule has 0 fully saturated rings. The number of carbonyl (C=O) groups is 1. The minimum absolute atomic E-state index is 0.350. The first-order chi connectivity index (χ1) is 13.7. The van der Waals surface area contributed by atoms with E-state index in [0.717, 1.165) is 35.7 Å². The van der Waals surface area contributed by atoms with Crippen molar-refractivity contribution in [3.05, 3.63) is 89.5 Å². The molecule has 0 unspecified atom stereocenters. The van der Waals surface area contributed by atoms with Crippen molar-refractivity contribution in [1.82, 2.24) is 0 Å². The van der Waals surface area contributed by atoms with Gasteiger partial charge in [0.2, 0.25) is 5.91 Å². The standard InChI is InChI=1S/C23H25N3O2/c1-25-21-11-10-20(26-13-12-17-6-3-2-4-7-17)15-22(21)28-16-18-8-5-9-19(14-18)23(24)27/h2-11,14-15,25-26H,12-13,16H2,1H3,(H2,24,27). The first-order valence-corrected chi connectivity index (χ1v) is 9.27. The smallest absolute Gasteiger partial charge is 0.248 e. The molecule has 0 aliphatic carbocycles. The van der Waals surface area contributed by atoms with Crippen LogP contribution in [0.5, 0.6) is 5.75 Å². The quantitative estimate of drug-likeness (QED) is 0.527. The summed E-state index contributed by atoms with van der Waals surface area (Å²) >= 11 is 0. The summed E-state index contributed by atoms with van der Waals surface area (Å²) in [6, 6.07) is 23.5. The van der Waals surface area contributed by atoms with Gasteiger partial charge in [-0.2, -0.15) is 0 Å². The Labute approximate surface area is 165 Å². The molecule has 5 heteroatoms. The first kappa shape index (κ1) is 19.3. The summed E-state index contributed by atoms with van der Waals surface area (Å²) in [5.74, 6) is 0.305. The van der Waals surface area contributed by atoms with Crippen LogP contribution in [0.3, 0.4) is 0 Å². The van der Waals surface area contributed by atoms with Crippen molar-refractivity contribution in [2.24, 2.45) is 5.73 Å². The maximum atomic E-state index is 11.3. The van der Waals surface area contributed by atoms with Gasteiger partial charge in [-0.15, -0.1) is 0 Å². The number of nitrogens with two attached hydrogens (primary N) is 1. The van der Waals surface area contributed by atoms with Crippen LogP contribution >= 0.6 is 0 Å². The lowest BCUT2D eigenvalue weighted by atomic mass is 10.1. The number of hydrogen-bond donors (Lipinski definition) is 3. The van der Waals surface area contributed by atoms with E-state index in [1.54, 1.807) is 18.2 Å². The zero-order valence-corrected chi connectivity index (χ0v) is 15.9. The van der Waals surface area contributed by atoms with E-state index < -0.39 is 5.91 Å². The van der Waals surface area contributed by atoms with Gasteiger partial charge in [0.15, 0.2) is 0 Å². The van der Waals surface area contributed by atoms with Crippen LogP contribution in [0, 0.1) is 0 Å². The highest BCUT2D eigenvalue weighted by Crippen LogP contribution is 2.28. The van der Waals surface area contributed by atoms with Gasteiger partial charge in [-0.1, -0.05) is 42.5 Å². The molecule has 3 aromatic rings. The van der Waals surface area contributed by atoms with Crippen LogP contribution in [0.2, 0.25) is 0 Å². The number of carbonyl (C=O) groups excluding carboxylic acids is 1. The molecule has 0 aromatic heterocycles. The molecule has 144 valence electrons. The van der Waals surface area contributed by atoms with Crippen molar-refractivity contribution in [1.29, 1.82) is 0 Å². The van der Waals surface area contributed by atoms with Crippen LogP contribution in [-0.4, -0.2) is 19.5 Å². The lowest BCUT2D eigenvalue weighted by Crippen LogP contribution is -2.11. The molecular weight excluding hydrogens is 350 g/mol. The zero-order chi connectivity index (χ0) is 19.8. The normalized spacial score (nSPS) is 10.3. The average molecular weight is 375 g/mol. The Hall–Kier alpha value is -3.47. The topological polar surface area (TPSA) is 76.4 Å². The highest BCUT2D eigenvalue weighted by Gasteiger charge is 2.07. The van der Waals surface area contributed by atoms with Gasteiger partial charge in [0, 0.05) is 30.9 Å². The van der Waals surface area contributed by atoms with E-state index in [1.165, 1.54) is 5.56 Å². The summed E-state index contributed by atoms with van der Waals surface area (Å²) < 4.78 is 6.00. The fraction of sp³-hybridized carbons (Fsp3) is 0.174. The Morgan fingerprint density at radius 1 is 0.964 bits per heavy atom. The number of amides is 1. The minimum Gasteiger partial charge on any atom is -0.487 e. The molecule has 3 aromatic carbocycles. The number of rotatable bonds is 9. The Balaban J connectivity index is 1.64. The fourth-order valence-electron chi connectivity index (χ4n) is 2.93. The van der Waals surface area contributed by atoms with Crippen molar-refractivity contribution in [3.8, 4) is 5.75 Å². The number of primary amides is 1. The number of ether oxygens (including phenoxy) is 1.